The minimum atomic E-state index is -0.445. The van der Waals surface area contributed by atoms with Crippen molar-refractivity contribution in [1.82, 2.24) is 0 Å². The Morgan fingerprint density at radius 2 is 1.75 bits per heavy atom. The van der Waals surface area contributed by atoms with Gasteiger partial charge in [-0.3, -0.25) is 0 Å². The molecule has 0 atom stereocenters. The number of hydrogen-bond donors (Lipinski definition) is 0. The van der Waals surface area contributed by atoms with E-state index in [1.807, 2.05) is 19.1 Å². The maximum atomic E-state index is 11.7. The molecule has 2 rings (SSSR count). The Balaban J connectivity index is 2.01. The smallest absolute Gasteiger partial charge is 0.336 e. The third-order valence-corrected chi connectivity index (χ3v) is 3.33. The lowest BCUT2D eigenvalue weighted by molar-refractivity contribution is -0.128. The van der Waals surface area contributed by atoms with E-state index in [1.165, 1.54) is 6.08 Å². The Kier molecular flexibility index (Phi) is 4.83. The van der Waals surface area contributed by atoms with Crippen LogP contribution in [0.2, 0.25) is 10.0 Å². The third-order valence-electron chi connectivity index (χ3n) is 2.59. The molecule has 4 heteroatoms. The van der Waals surface area contributed by atoms with Crippen LogP contribution in [0.3, 0.4) is 0 Å². The number of halogens is 2. The van der Waals surface area contributed by atoms with Gasteiger partial charge >= 0.3 is 5.97 Å². The van der Waals surface area contributed by atoms with Crippen molar-refractivity contribution in [3.8, 4) is 5.75 Å². The molecule has 0 saturated carbocycles. The highest BCUT2D eigenvalue weighted by Crippen LogP contribution is 2.23. The van der Waals surface area contributed by atoms with Gasteiger partial charge in [-0.15, -0.1) is 0 Å². The highest BCUT2D eigenvalue weighted by molar-refractivity contribution is 6.42. The van der Waals surface area contributed by atoms with E-state index in [9.17, 15) is 4.79 Å². The summed E-state index contributed by atoms with van der Waals surface area (Å²) < 4.78 is 5.16. The Labute approximate surface area is 127 Å². The van der Waals surface area contributed by atoms with Crippen LogP contribution in [-0.4, -0.2) is 5.97 Å². The van der Waals surface area contributed by atoms with Gasteiger partial charge < -0.3 is 4.74 Å². The van der Waals surface area contributed by atoms with E-state index < -0.39 is 5.97 Å². The lowest BCUT2D eigenvalue weighted by atomic mass is 10.2. The van der Waals surface area contributed by atoms with Gasteiger partial charge in [-0.25, -0.2) is 4.79 Å². The quantitative estimate of drug-likeness (QED) is 0.457. The molecule has 0 heterocycles. The van der Waals surface area contributed by atoms with Gasteiger partial charge in [0.25, 0.3) is 0 Å². The molecule has 20 heavy (non-hydrogen) atoms. The van der Waals surface area contributed by atoms with E-state index in [-0.39, 0.29) is 0 Å². The molecule has 0 aliphatic heterocycles. The van der Waals surface area contributed by atoms with Crippen molar-refractivity contribution in [2.24, 2.45) is 0 Å². The highest BCUT2D eigenvalue weighted by Gasteiger charge is 2.01. The van der Waals surface area contributed by atoms with E-state index in [1.54, 1.807) is 36.4 Å². The van der Waals surface area contributed by atoms with Gasteiger partial charge in [0.05, 0.1) is 10.0 Å². The SMILES string of the molecule is Cc1ccc(OC(=O)/C=C/c2ccc(Cl)c(Cl)c2)cc1. The molecule has 2 aromatic carbocycles. The number of carbonyl (C=O) groups is 1. The van der Waals surface area contributed by atoms with Crippen molar-refractivity contribution >= 4 is 35.2 Å². The lowest BCUT2D eigenvalue weighted by Gasteiger charge is -2.01. The van der Waals surface area contributed by atoms with Gasteiger partial charge in [-0.05, 0) is 42.8 Å². The molecule has 0 N–H and O–H groups in total. The van der Waals surface area contributed by atoms with Crippen molar-refractivity contribution in [2.45, 2.75) is 6.92 Å². The first-order chi connectivity index (χ1) is 9.54. The number of hydrogen-bond acceptors (Lipinski definition) is 2. The zero-order valence-electron chi connectivity index (χ0n) is 10.8. The van der Waals surface area contributed by atoms with Crippen molar-refractivity contribution < 1.29 is 9.53 Å². The molecule has 0 radical (unpaired) electrons. The zero-order valence-corrected chi connectivity index (χ0v) is 12.3. The van der Waals surface area contributed by atoms with Gasteiger partial charge in [0.15, 0.2) is 0 Å². The Morgan fingerprint density at radius 3 is 2.40 bits per heavy atom. The minimum absolute atomic E-state index is 0.445. The average molecular weight is 307 g/mol. The summed E-state index contributed by atoms with van der Waals surface area (Å²) in [6.07, 6.45) is 2.97. The van der Waals surface area contributed by atoms with Crippen LogP contribution >= 0.6 is 23.2 Å². The second-order valence-electron chi connectivity index (χ2n) is 4.24. The fraction of sp³-hybridized carbons (Fsp3) is 0.0625. The molecule has 102 valence electrons. The van der Waals surface area contributed by atoms with Crippen LogP contribution < -0.4 is 4.74 Å². The first-order valence-corrected chi connectivity index (χ1v) is 6.72. The normalized spacial score (nSPS) is 10.8. The Bertz CT molecular complexity index is 646. The summed E-state index contributed by atoms with van der Waals surface area (Å²) in [5.41, 5.74) is 1.89. The van der Waals surface area contributed by atoms with Crippen LogP contribution in [0.5, 0.6) is 5.75 Å². The Morgan fingerprint density at radius 1 is 1.05 bits per heavy atom. The van der Waals surface area contributed by atoms with Gasteiger partial charge in [-0.2, -0.15) is 0 Å². The molecule has 0 fully saturated rings. The molecule has 0 spiro atoms. The summed E-state index contributed by atoms with van der Waals surface area (Å²) in [5.74, 6) is 0.0688. The summed E-state index contributed by atoms with van der Waals surface area (Å²) in [4.78, 5) is 11.7. The maximum absolute atomic E-state index is 11.7. The molecule has 0 unspecified atom stereocenters. The summed E-state index contributed by atoms with van der Waals surface area (Å²) in [6.45, 7) is 1.97. The van der Waals surface area contributed by atoms with Crippen LogP contribution in [0, 0.1) is 6.92 Å². The van der Waals surface area contributed by atoms with E-state index in [0.717, 1.165) is 11.1 Å². The first-order valence-electron chi connectivity index (χ1n) is 5.96. The largest absolute Gasteiger partial charge is 0.423 e. The van der Waals surface area contributed by atoms with E-state index in [0.29, 0.717) is 15.8 Å². The van der Waals surface area contributed by atoms with E-state index in [2.05, 4.69) is 0 Å². The Hall–Kier alpha value is -1.77. The van der Waals surface area contributed by atoms with Crippen LogP contribution in [0.4, 0.5) is 0 Å². The molecule has 0 aliphatic rings. The van der Waals surface area contributed by atoms with Crippen molar-refractivity contribution in [1.29, 1.82) is 0 Å². The predicted molar refractivity (Wildman–Crippen MR) is 82.3 cm³/mol. The topological polar surface area (TPSA) is 26.3 Å². The van der Waals surface area contributed by atoms with Gasteiger partial charge in [-0.1, -0.05) is 47.0 Å². The summed E-state index contributed by atoms with van der Waals surface area (Å²) >= 11 is 11.7. The number of carbonyl (C=O) groups excluding carboxylic acids is 1. The van der Waals surface area contributed by atoms with E-state index in [4.69, 9.17) is 27.9 Å². The molecule has 2 nitrogen and oxygen atoms in total. The lowest BCUT2D eigenvalue weighted by Crippen LogP contribution is -2.03. The first kappa shape index (κ1) is 14.6. The molecule has 0 aliphatic carbocycles. The fourth-order valence-electron chi connectivity index (χ4n) is 1.54. The van der Waals surface area contributed by atoms with Crippen LogP contribution in [-0.2, 0) is 4.79 Å². The third kappa shape index (κ3) is 4.12. The van der Waals surface area contributed by atoms with Crippen molar-refractivity contribution in [3.63, 3.8) is 0 Å². The fourth-order valence-corrected chi connectivity index (χ4v) is 1.84. The number of esters is 1. The number of aryl methyl sites for hydroxylation is 1. The molecule has 0 aromatic heterocycles. The van der Waals surface area contributed by atoms with Gasteiger partial charge in [0, 0.05) is 6.08 Å². The predicted octanol–water partition coefficient (Wildman–Crippen LogP) is 4.92. The highest BCUT2D eigenvalue weighted by atomic mass is 35.5. The standard InChI is InChI=1S/C16H12Cl2O2/c1-11-2-6-13(7-3-11)20-16(19)9-5-12-4-8-14(17)15(18)10-12/h2-10H,1H3/b9-5+. The number of rotatable bonds is 3. The van der Waals surface area contributed by atoms with Crippen LogP contribution in [0.25, 0.3) is 6.08 Å². The van der Waals surface area contributed by atoms with Crippen LogP contribution in [0.1, 0.15) is 11.1 Å². The second-order valence-corrected chi connectivity index (χ2v) is 5.06. The maximum Gasteiger partial charge on any atom is 0.336 e. The molecule has 0 amide bonds. The molecule has 0 bridgehead atoms. The van der Waals surface area contributed by atoms with E-state index >= 15 is 0 Å². The second kappa shape index (κ2) is 6.60. The van der Waals surface area contributed by atoms with Gasteiger partial charge in [0.2, 0.25) is 0 Å². The average Bonchev–Trinajstić information content (AvgIpc) is 2.43. The number of benzene rings is 2. The molecular formula is C16H12Cl2O2. The summed E-state index contributed by atoms with van der Waals surface area (Å²) in [5, 5.41) is 0.923. The molecular weight excluding hydrogens is 295 g/mol. The monoisotopic (exact) mass is 306 g/mol. The van der Waals surface area contributed by atoms with Crippen LogP contribution in [0.15, 0.2) is 48.5 Å². The molecule has 2 aromatic rings. The van der Waals surface area contributed by atoms with Gasteiger partial charge in [0.1, 0.15) is 5.75 Å². The molecule has 0 saturated heterocycles. The van der Waals surface area contributed by atoms with Crippen molar-refractivity contribution in [2.75, 3.05) is 0 Å². The minimum Gasteiger partial charge on any atom is -0.423 e. The number of ether oxygens (including phenoxy) is 1. The van der Waals surface area contributed by atoms with Crippen molar-refractivity contribution in [3.05, 3.63) is 69.7 Å². The zero-order chi connectivity index (χ0) is 14.5. The summed E-state index contributed by atoms with van der Waals surface area (Å²) in [7, 11) is 0. The summed E-state index contributed by atoms with van der Waals surface area (Å²) in [6, 6.07) is 12.4.